The number of ether oxygens (including phenoxy) is 2. The molecule has 0 atom stereocenters. The third-order valence-corrected chi connectivity index (χ3v) is 3.11. The Bertz CT molecular complexity index is 413. The van der Waals surface area contributed by atoms with Crippen LogP contribution in [-0.4, -0.2) is 26.1 Å². The van der Waals surface area contributed by atoms with Gasteiger partial charge in [-0.05, 0) is 36.7 Å². The molecule has 3 nitrogen and oxygen atoms in total. The fourth-order valence-electron chi connectivity index (χ4n) is 1.44. The summed E-state index contributed by atoms with van der Waals surface area (Å²) in [6.07, 6.45) is -3.31. The number of hydrogen-bond acceptors (Lipinski definition) is 3. The molecule has 1 rings (SSSR count). The lowest BCUT2D eigenvalue weighted by molar-refractivity contribution is -0.186. The molecule has 1 aromatic carbocycles. The molecule has 0 unspecified atom stereocenters. The Labute approximate surface area is 124 Å². The topological polar surface area (TPSA) is 30.5 Å². The van der Waals surface area contributed by atoms with Gasteiger partial charge in [0.25, 0.3) is 0 Å². The number of halogens is 4. The molecule has 0 saturated heterocycles. The molecule has 0 aliphatic heterocycles. The average Bonchev–Trinajstić information content (AvgIpc) is 2.37. The van der Waals surface area contributed by atoms with Gasteiger partial charge in [0.1, 0.15) is 12.4 Å². The van der Waals surface area contributed by atoms with E-state index in [1.54, 1.807) is 18.2 Å². The van der Waals surface area contributed by atoms with Crippen molar-refractivity contribution in [3.63, 3.8) is 0 Å². The molecule has 1 aromatic rings. The van der Waals surface area contributed by atoms with E-state index in [1.807, 2.05) is 0 Å². The van der Waals surface area contributed by atoms with Gasteiger partial charge in [0, 0.05) is 11.0 Å². The van der Waals surface area contributed by atoms with Gasteiger partial charge >= 0.3 is 6.18 Å². The predicted octanol–water partition coefficient (Wildman–Crippen LogP) is 3.86. The van der Waals surface area contributed by atoms with Gasteiger partial charge in [-0.25, -0.2) is 0 Å². The molecule has 0 heterocycles. The second-order valence-corrected chi connectivity index (χ2v) is 5.01. The standard InChI is InChI=1S/C13H17BrF3NO2/c1-2-5-18-7-10-6-11(3-4-12(10)14)20-9-19-8-13(15,16)17/h3-4,6,18H,2,5,7-9H2,1H3. The minimum absolute atomic E-state index is 0.428. The van der Waals surface area contributed by atoms with E-state index in [1.165, 1.54) is 0 Å². The van der Waals surface area contributed by atoms with Crippen molar-refractivity contribution in [1.29, 1.82) is 0 Å². The van der Waals surface area contributed by atoms with E-state index in [-0.39, 0.29) is 0 Å². The van der Waals surface area contributed by atoms with Crippen molar-refractivity contribution in [2.45, 2.75) is 26.1 Å². The molecule has 0 aliphatic carbocycles. The van der Waals surface area contributed by atoms with Crippen LogP contribution in [-0.2, 0) is 11.3 Å². The Morgan fingerprint density at radius 1 is 1.30 bits per heavy atom. The second kappa shape index (κ2) is 8.49. The first-order valence-corrected chi connectivity index (χ1v) is 6.98. The summed E-state index contributed by atoms with van der Waals surface area (Å²) in [5.74, 6) is 0.476. The van der Waals surface area contributed by atoms with Gasteiger partial charge in [-0.3, -0.25) is 0 Å². The normalized spacial score (nSPS) is 11.7. The molecule has 0 bridgehead atoms. The Balaban J connectivity index is 2.44. The highest BCUT2D eigenvalue weighted by Crippen LogP contribution is 2.23. The average molecular weight is 356 g/mol. The highest BCUT2D eigenvalue weighted by molar-refractivity contribution is 9.10. The van der Waals surface area contributed by atoms with Gasteiger partial charge in [-0.2, -0.15) is 13.2 Å². The molecule has 20 heavy (non-hydrogen) atoms. The lowest BCUT2D eigenvalue weighted by Crippen LogP contribution is -2.19. The summed E-state index contributed by atoms with van der Waals surface area (Å²) in [6.45, 7) is 1.89. The summed E-state index contributed by atoms with van der Waals surface area (Å²) in [6, 6.07) is 5.23. The number of benzene rings is 1. The van der Waals surface area contributed by atoms with Crippen LogP contribution in [0, 0.1) is 0 Å². The number of rotatable bonds is 8. The van der Waals surface area contributed by atoms with Gasteiger partial charge in [0.15, 0.2) is 6.79 Å². The monoisotopic (exact) mass is 355 g/mol. The highest BCUT2D eigenvalue weighted by atomic mass is 79.9. The van der Waals surface area contributed by atoms with Gasteiger partial charge in [0.2, 0.25) is 0 Å². The van der Waals surface area contributed by atoms with Crippen LogP contribution in [0.2, 0.25) is 0 Å². The molecule has 0 saturated carbocycles. The van der Waals surface area contributed by atoms with Crippen LogP contribution in [0.3, 0.4) is 0 Å². The van der Waals surface area contributed by atoms with Gasteiger partial charge < -0.3 is 14.8 Å². The van der Waals surface area contributed by atoms with Crippen LogP contribution < -0.4 is 10.1 Å². The minimum Gasteiger partial charge on any atom is -0.468 e. The molecule has 0 spiro atoms. The molecular formula is C13H17BrF3NO2. The fraction of sp³-hybridized carbons (Fsp3) is 0.538. The SMILES string of the molecule is CCCNCc1cc(OCOCC(F)(F)F)ccc1Br. The Morgan fingerprint density at radius 2 is 2.05 bits per heavy atom. The lowest BCUT2D eigenvalue weighted by Gasteiger charge is -2.11. The lowest BCUT2D eigenvalue weighted by atomic mass is 10.2. The molecule has 0 amide bonds. The van der Waals surface area contributed by atoms with Gasteiger partial charge in [-0.15, -0.1) is 0 Å². The van der Waals surface area contributed by atoms with E-state index in [0.29, 0.717) is 12.3 Å². The molecule has 0 radical (unpaired) electrons. The Morgan fingerprint density at radius 3 is 2.70 bits per heavy atom. The van der Waals surface area contributed by atoms with E-state index in [0.717, 1.165) is 23.0 Å². The van der Waals surface area contributed by atoms with Crippen molar-refractivity contribution in [2.75, 3.05) is 19.9 Å². The van der Waals surface area contributed by atoms with Crippen molar-refractivity contribution < 1.29 is 22.6 Å². The summed E-state index contributed by atoms with van der Waals surface area (Å²) in [5.41, 5.74) is 0.978. The van der Waals surface area contributed by atoms with Gasteiger partial charge in [-0.1, -0.05) is 22.9 Å². The van der Waals surface area contributed by atoms with Crippen LogP contribution in [0.4, 0.5) is 13.2 Å². The molecule has 7 heteroatoms. The van der Waals surface area contributed by atoms with E-state index in [4.69, 9.17) is 4.74 Å². The van der Waals surface area contributed by atoms with Crippen molar-refractivity contribution >= 4 is 15.9 Å². The number of nitrogens with one attached hydrogen (secondary N) is 1. The third kappa shape index (κ3) is 7.12. The van der Waals surface area contributed by atoms with Crippen LogP contribution in [0.1, 0.15) is 18.9 Å². The second-order valence-electron chi connectivity index (χ2n) is 4.16. The third-order valence-electron chi connectivity index (χ3n) is 2.33. The number of alkyl halides is 3. The van der Waals surface area contributed by atoms with E-state index >= 15 is 0 Å². The fourth-order valence-corrected chi connectivity index (χ4v) is 1.83. The van der Waals surface area contributed by atoms with Crippen molar-refractivity contribution in [2.24, 2.45) is 0 Å². The summed E-state index contributed by atoms with van der Waals surface area (Å²) in [7, 11) is 0. The van der Waals surface area contributed by atoms with E-state index < -0.39 is 19.6 Å². The maximum atomic E-state index is 11.9. The van der Waals surface area contributed by atoms with Crippen LogP contribution in [0.5, 0.6) is 5.75 Å². The minimum atomic E-state index is -4.34. The van der Waals surface area contributed by atoms with Crippen LogP contribution >= 0.6 is 15.9 Å². The summed E-state index contributed by atoms with van der Waals surface area (Å²) < 4.78 is 46.1. The molecule has 1 N–H and O–H groups in total. The molecule has 0 aromatic heterocycles. The maximum absolute atomic E-state index is 11.9. The maximum Gasteiger partial charge on any atom is 0.411 e. The summed E-state index contributed by atoms with van der Waals surface area (Å²) in [5, 5.41) is 3.24. The molecule has 114 valence electrons. The summed E-state index contributed by atoms with van der Waals surface area (Å²) >= 11 is 3.41. The van der Waals surface area contributed by atoms with Gasteiger partial charge in [0.05, 0.1) is 0 Å². The molecular weight excluding hydrogens is 339 g/mol. The molecule has 0 aliphatic rings. The zero-order chi connectivity index (χ0) is 15.0. The first-order valence-electron chi connectivity index (χ1n) is 6.19. The largest absolute Gasteiger partial charge is 0.468 e. The smallest absolute Gasteiger partial charge is 0.411 e. The van der Waals surface area contributed by atoms with Crippen molar-refractivity contribution in [3.05, 3.63) is 28.2 Å². The number of hydrogen-bond donors (Lipinski definition) is 1. The first kappa shape index (κ1) is 17.3. The van der Waals surface area contributed by atoms with Crippen molar-refractivity contribution in [3.8, 4) is 5.75 Å². The van der Waals surface area contributed by atoms with E-state index in [2.05, 4.69) is 32.9 Å². The van der Waals surface area contributed by atoms with Crippen molar-refractivity contribution in [1.82, 2.24) is 5.32 Å². The summed E-state index contributed by atoms with van der Waals surface area (Å²) in [4.78, 5) is 0. The predicted molar refractivity (Wildman–Crippen MR) is 73.6 cm³/mol. The molecule has 0 fully saturated rings. The first-order chi connectivity index (χ1) is 9.42. The Kier molecular flexibility index (Phi) is 7.32. The zero-order valence-electron chi connectivity index (χ0n) is 11.1. The van der Waals surface area contributed by atoms with Crippen LogP contribution in [0.25, 0.3) is 0 Å². The Hall–Kier alpha value is -0.790. The van der Waals surface area contributed by atoms with E-state index in [9.17, 15) is 13.2 Å². The quantitative estimate of drug-likeness (QED) is 0.567. The highest BCUT2D eigenvalue weighted by Gasteiger charge is 2.27. The zero-order valence-corrected chi connectivity index (χ0v) is 12.7. The van der Waals surface area contributed by atoms with Crippen LogP contribution in [0.15, 0.2) is 22.7 Å².